The van der Waals surface area contributed by atoms with E-state index >= 15 is 0 Å². The zero-order valence-corrected chi connectivity index (χ0v) is 11.8. The van der Waals surface area contributed by atoms with E-state index in [1.54, 1.807) is 12.1 Å². The summed E-state index contributed by atoms with van der Waals surface area (Å²) < 4.78 is 30.7. The molecule has 1 aliphatic rings. The number of fused-ring (bicyclic) bond motifs is 1. The highest BCUT2D eigenvalue weighted by atomic mass is 32.2. The molecule has 2 rings (SSSR count). The number of aromatic nitrogens is 1. The molecule has 0 aliphatic carbocycles. The van der Waals surface area contributed by atoms with Gasteiger partial charge in [-0.1, -0.05) is 6.08 Å². The Labute approximate surface area is 117 Å². The topological polar surface area (TPSA) is 88.6 Å². The summed E-state index contributed by atoms with van der Waals surface area (Å²) in [6, 6.07) is 3.08. The van der Waals surface area contributed by atoms with Crippen LogP contribution in [0.1, 0.15) is 6.92 Å². The fourth-order valence-electron chi connectivity index (χ4n) is 1.68. The minimum Gasteiger partial charge on any atom is -0.480 e. The van der Waals surface area contributed by atoms with Gasteiger partial charge in [0.15, 0.2) is 18.2 Å². The van der Waals surface area contributed by atoms with Crippen LogP contribution in [0.2, 0.25) is 0 Å². The van der Waals surface area contributed by atoms with Crippen LogP contribution in [0.15, 0.2) is 24.8 Å². The summed E-state index contributed by atoms with van der Waals surface area (Å²) in [6.45, 7) is 5.33. The Hall–Kier alpha value is -2.09. The molecule has 7 nitrogen and oxygen atoms in total. The molecule has 2 heterocycles. The molecule has 0 radical (unpaired) electrons. The van der Waals surface area contributed by atoms with Crippen molar-refractivity contribution in [3.63, 3.8) is 0 Å². The molecule has 0 saturated heterocycles. The highest BCUT2D eigenvalue weighted by Gasteiger charge is 2.26. The lowest BCUT2D eigenvalue weighted by Gasteiger charge is -2.27. The molecule has 1 amide bonds. The van der Waals surface area contributed by atoms with Crippen molar-refractivity contribution < 1.29 is 17.9 Å². The molecule has 0 spiro atoms. The van der Waals surface area contributed by atoms with E-state index < -0.39 is 10.0 Å². The summed E-state index contributed by atoms with van der Waals surface area (Å²) in [4.78, 5) is 17.3. The van der Waals surface area contributed by atoms with Gasteiger partial charge in [0.1, 0.15) is 5.82 Å². The quantitative estimate of drug-likeness (QED) is 0.810. The van der Waals surface area contributed by atoms with E-state index in [2.05, 4.69) is 16.3 Å². The number of amides is 1. The van der Waals surface area contributed by atoms with Crippen LogP contribution in [0.5, 0.6) is 5.75 Å². The van der Waals surface area contributed by atoms with Crippen molar-refractivity contribution in [1.82, 2.24) is 4.98 Å². The van der Waals surface area contributed by atoms with Crippen LogP contribution in [0, 0.1) is 0 Å². The first-order valence-corrected chi connectivity index (χ1v) is 7.67. The van der Waals surface area contributed by atoms with E-state index in [0.29, 0.717) is 5.75 Å². The van der Waals surface area contributed by atoms with E-state index in [1.807, 2.05) is 0 Å². The molecule has 108 valence electrons. The number of pyridine rings is 1. The minimum atomic E-state index is -3.42. The van der Waals surface area contributed by atoms with Crippen molar-refractivity contribution in [3.05, 3.63) is 24.8 Å². The number of anilines is 2. The first-order valence-electron chi connectivity index (χ1n) is 6.02. The van der Waals surface area contributed by atoms with Gasteiger partial charge < -0.3 is 4.74 Å². The summed E-state index contributed by atoms with van der Waals surface area (Å²) in [7, 11) is -3.42. The number of sulfonamides is 1. The number of rotatable bonds is 5. The van der Waals surface area contributed by atoms with Crippen molar-refractivity contribution >= 4 is 27.6 Å². The summed E-state index contributed by atoms with van der Waals surface area (Å²) in [5.41, 5.74) is 0. The second kappa shape index (κ2) is 5.49. The third-order valence-corrected chi connectivity index (χ3v) is 3.98. The van der Waals surface area contributed by atoms with Gasteiger partial charge in [0.25, 0.3) is 5.91 Å². The van der Waals surface area contributed by atoms with E-state index in [4.69, 9.17) is 4.74 Å². The monoisotopic (exact) mass is 297 g/mol. The maximum atomic E-state index is 11.8. The zero-order valence-electron chi connectivity index (χ0n) is 11.0. The largest absolute Gasteiger partial charge is 0.480 e. The van der Waals surface area contributed by atoms with E-state index in [1.165, 1.54) is 17.9 Å². The lowest BCUT2D eigenvalue weighted by molar-refractivity contribution is -0.121. The molecular weight excluding hydrogens is 282 g/mol. The van der Waals surface area contributed by atoms with E-state index in [9.17, 15) is 13.2 Å². The van der Waals surface area contributed by atoms with Crippen molar-refractivity contribution in [1.29, 1.82) is 0 Å². The SMILES string of the molecule is C=CCN1C(=O)COc2ccc(NS(=O)(=O)CC)nc21. The van der Waals surface area contributed by atoms with Crippen molar-refractivity contribution in [3.8, 4) is 5.75 Å². The van der Waals surface area contributed by atoms with Crippen LogP contribution < -0.4 is 14.4 Å². The molecule has 0 bridgehead atoms. The number of carbonyl (C=O) groups is 1. The normalized spacial score (nSPS) is 14.4. The number of nitrogens with zero attached hydrogens (tertiary/aromatic N) is 2. The standard InChI is InChI=1S/C12H15N3O4S/c1-3-7-15-11(16)8-19-9-5-6-10(13-12(9)15)14-20(17,18)4-2/h3,5-6H,1,4,7-8H2,2H3,(H,13,14). The number of ether oxygens (including phenoxy) is 1. The van der Waals surface area contributed by atoms with Crippen molar-refractivity contribution in [2.24, 2.45) is 0 Å². The number of nitrogens with one attached hydrogen (secondary N) is 1. The zero-order chi connectivity index (χ0) is 14.8. The maximum Gasteiger partial charge on any atom is 0.266 e. The third kappa shape index (κ3) is 2.90. The molecule has 8 heteroatoms. The Bertz CT molecular complexity index is 642. The predicted octanol–water partition coefficient (Wildman–Crippen LogP) is 0.755. The fourth-order valence-corrected chi connectivity index (χ4v) is 2.26. The van der Waals surface area contributed by atoms with E-state index in [-0.39, 0.29) is 36.4 Å². The Morgan fingerprint density at radius 1 is 1.55 bits per heavy atom. The van der Waals surface area contributed by atoms with Gasteiger partial charge in [-0.15, -0.1) is 6.58 Å². The number of carbonyl (C=O) groups excluding carboxylic acids is 1. The van der Waals surface area contributed by atoms with Gasteiger partial charge in [-0.2, -0.15) is 0 Å². The average molecular weight is 297 g/mol. The molecule has 0 unspecified atom stereocenters. The molecular formula is C12H15N3O4S. The van der Waals surface area contributed by atoms with Gasteiger partial charge in [0, 0.05) is 6.54 Å². The second-order valence-electron chi connectivity index (χ2n) is 4.11. The fraction of sp³-hybridized carbons (Fsp3) is 0.333. The Balaban J connectivity index is 2.38. The van der Waals surface area contributed by atoms with Crippen LogP contribution in [-0.4, -0.2) is 38.2 Å². The molecule has 0 atom stereocenters. The molecule has 1 aliphatic heterocycles. The molecule has 0 fully saturated rings. The van der Waals surface area contributed by atoms with Crippen LogP contribution in [0.25, 0.3) is 0 Å². The number of hydrogen-bond donors (Lipinski definition) is 1. The van der Waals surface area contributed by atoms with Crippen LogP contribution in [-0.2, 0) is 14.8 Å². The second-order valence-corrected chi connectivity index (χ2v) is 6.12. The summed E-state index contributed by atoms with van der Waals surface area (Å²) in [5.74, 6) is 0.569. The smallest absolute Gasteiger partial charge is 0.266 e. The third-order valence-electron chi connectivity index (χ3n) is 2.70. The van der Waals surface area contributed by atoms with Crippen LogP contribution in [0.4, 0.5) is 11.6 Å². The maximum absolute atomic E-state index is 11.8. The molecule has 1 aromatic heterocycles. The minimum absolute atomic E-state index is 0.0580. The van der Waals surface area contributed by atoms with Crippen molar-refractivity contribution in [2.75, 3.05) is 28.5 Å². The van der Waals surface area contributed by atoms with Gasteiger partial charge in [-0.3, -0.25) is 14.4 Å². The molecule has 1 N–H and O–H groups in total. The lowest BCUT2D eigenvalue weighted by Crippen LogP contribution is -2.39. The summed E-state index contributed by atoms with van der Waals surface area (Å²) >= 11 is 0. The highest BCUT2D eigenvalue weighted by Crippen LogP contribution is 2.31. The molecule has 20 heavy (non-hydrogen) atoms. The predicted molar refractivity (Wildman–Crippen MR) is 75.4 cm³/mol. The average Bonchev–Trinajstić information content (AvgIpc) is 2.42. The molecule has 0 saturated carbocycles. The summed E-state index contributed by atoms with van der Waals surface area (Å²) in [5, 5.41) is 0. The van der Waals surface area contributed by atoms with Gasteiger partial charge in [-0.25, -0.2) is 13.4 Å². The van der Waals surface area contributed by atoms with Gasteiger partial charge in [-0.05, 0) is 19.1 Å². The van der Waals surface area contributed by atoms with Crippen molar-refractivity contribution in [2.45, 2.75) is 6.92 Å². The Kier molecular flexibility index (Phi) is 3.93. The number of hydrogen-bond acceptors (Lipinski definition) is 5. The lowest BCUT2D eigenvalue weighted by atomic mass is 10.3. The first-order chi connectivity index (χ1) is 9.46. The van der Waals surface area contributed by atoms with Gasteiger partial charge in [0.05, 0.1) is 5.75 Å². The van der Waals surface area contributed by atoms with Crippen LogP contribution >= 0.6 is 0 Å². The molecule has 1 aromatic rings. The van der Waals surface area contributed by atoms with Gasteiger partial charge in [0.2, 0.25) is 10.0 Å². The molecule has 0 aromatic carbocycles. The Morgan fingerprint density at radius 2 is 2.30 bits per heavy atom. The highest BCUT2D eigenvalue weighted by molar-refractivity contribution is 7.92. The summed E-state index contributed by atoms with van der Waals surface area (Å²) in [6.07, 6.45) is 1.57. The van der Waals surface area contributed by atoms with E-state index in [0.717, 1.165) is 0 Å². The van der Waals surface area contributed by atoms with Gasteiger partial charge >= 0.3 is 0 Å². The Morgan fingerprint density at radius 3 is 2.95 bits per heavy atom. The first kappa shape index (κ1) is 14.3. The van der Waals surface area contributed by atoms with Crippen LogP contribution in [0.3, 0.4) is 0 Å².